The second kappa shape index (κ2) is 9.90. The van der Waals surface area contributed by atoms with Crippen LogP contribution in [0.5, 0.6) is 5.75 Å². The number of nitrogens with two attached hydrogens (primary N) is 1. The lowest BCUT2D eigenvalue weighted by atomic mass is 10.1. The van der Waals surface area contributed by atoms with Gasteiger partial charge in [0.2, 0.25) is 0 Å². The van der Waals surface area contributed by atoms with E-state index in [0.29, 0.717) is 66.3 Å². The van der Waals surface area contributed by atoms with Crippen molar-refractivity contribution in [2.75, 3.05) is 31.1 Å². The smallest absolute Gasteiger partial charge is 0.298 e. The molecule has 4 rings (SSSR count). The predicted molar refractivity (Wildman–Crippen MR) is 122 cm³/mol. The molecule has 0 spiro atoms. The van der Waals surface area contributed by atoms with Gasteiger partial charge in [0.1, 0.15) is 17.9 Å². The minimum atomic E-state index is -3.82. The van der Waals surface area contributed by atoms with Crippen molar-refractivity contribution in [3.63, 3.8) is 0 Å². The summed E-state index contributed by atoms with van der Waals surface area (Å²) in [6.07, 6.45) is 1.09. The fourth-order valence-electron chi connectivity index (χ4n) is 3.64. The Bertz CT molecular complexity index is 1250. The maximum Gasteiger partial charge on any atom is 0.298 e. The van der Waals surface area contributed by atoms with Gasteiger partial charge in [-0.2, -0.15) is 13.4 Å². The van der Waals surface area contributed by atoms with Crippen molar-refractivity contribution in [1.82, 2.24) is 4.98 Å². The molecule has 1 aromatic heterocycles. The number of aryl methyl sites for hydroxylation is 1. The Labute approximate surface area is 191 Å². The van der Waals surface area contributed by atoms with Crippen LogP contribution in [-0.4, -0.2) is 45.7 Å². The summed E-state index contributed by atoms with van der Waals surface area (Å²) in [6.45, 7) is 2.98. The number of ether oxygens (including phenoxy) is 1. The van der Waals surface area contributed by atoms with E-state index in [0.717, 1.165) is 0 Å². The van der Waals surface area contributed by atoms with Crippen LogP contribution in [0.2, 0.25) is 0 Å². The van der Waals surface area contributed by atoms with E-state index in [1.54, 1.807) is 49.4 Å². The van der Waals surface area contributed by atoms with Gasteiger partial charge in [-0.15, -0.1) is 0 Å². The number of hydrogen-bond acceptors (Lipinski definition) is 8. The zero-order valence-electron chi connectivity index (χ0n) is 18.2. The molecule has 2 N–H and O–H groups in total. The van der Waals surface area contributed by atoms with Crippen LogP contribution in [0.4, 0.5) is 10.4 Å². The number of fused-ring (bicyclic) bond motifs is 1. The highest BCUT2D eigenvalue weighted by Crippen LogP contribution is 2.29. The van der Waals surface area contributed by atoms with Gasteiger partial charge < -0.3 is 19.8 Å². The summed E-state index contributed by atoms with van der Waals surface area (Å²) in [7, 11) is -3.82. The first kappa shape index (κ1) is 23.2. The van der Waals surface area contributed by atoms with Crippen molar-refractivity contribution < 1.29 is 26.1 Å². The van der Waals surface area contributed by atoms with Crippen molar-refractivity contribution in [3.05, 3.63) is 59.9 Å². The van der Waals surface area contributed by atoms with Gasteiger partial charge in [0.15, 0.2) is 5.58 Å². The Kier molecular flexibility index (Phi) is 6.96. The Morgan fingerprint density at radius 1 is 1.27 bits per heavy atom. The number of benzene rings is 2. The summed E-state index contributed by atoms with van der Waals surface area (Å²) in [5, 5.41) is 0. The molecule has 8 nitrogen and oxygen atoms in total. The molecule has 2 aromatic carbocycles. The van der Waals surface area contributed by atoms with Gasteiger partial charge in [-0.3, -0.25) is 4.18 Å². The van der Waals surface area contributed by atoms with Crippen LogP contribution in [0.25, 0.3) is 11.1 Å². The predicted octanol–water partition coefficient (Wildman–Crippen LogP) is 3.70. The molecule has 3 aromatic rings. The second-order valence-corrected chi connectivity index (χ2v) is 9.43. The number of piperidine rings is 1. The molecule has 0 saturated carbocycles. The molecule has 0 amide bonds. The fraction of sp³-hybridized carbons (Fsp3) is 0.348. The number of anilines is 1. The molecule has 10 heteroatoms. The molecular formula is C23H26FN3O5S. The van der Waals surface area contributed by atoms with E-state index in [-0.39, 0.29) is 18.0 Å². The first-order valence-electron chi connectivity index (χ1n) is 10.6. The first-order valence-corrected chi connectivity index (χ1v) is 12.1. The van der Waals surface area contributed by atoms with Crippen LogP contribution >= 0.6 is 0 Å². The highest BCUT2D eigenvalue weighted by molar-refractivity contribution is 7.86. The van der Waals surface area contributed by atoms with Crippen LogP contribution in [0.15, 0.2) is 63.7 Å². The van der Waals surface area contributed by atoms with E-state index in [1.807, 2.05) is 4.90 Å². The van der Waals surface area contributed by atoms with Gasteiger partial charge in [-0.05, 0) is 43.5 Å². The standard InChI is InChI=1S/C23H26FN3O5S/c1-16-4-2-3-5-22(16)33(28,29)32-18-8-10-27(11-9-18)23-26-20-7-6-19(12-21(20)31-23)30-15-17(13-24)14-25/h2-7,12-13,18H,8-11,14-15,25H2,1H3/b17-13-. The monoisotopic (exact) mass is 475 g/mol. The SMILES string of the molecule is Cc1ccccc1S(=O)(=O)OC1CCN(c2nc3ccc(OC/C(=C\F)CN)cc3o2)CC1. The summed E-state index contributed by atoms with van der Waals surface area (Å²) < 4.78 is 54.9. The molecule has 0 unspecified atom stereocenters. The van der Waals surface area contributed by atoms with Gasteiger partial charge in [0, 0.05) is 31.3 Å². The number of nitrogens with zero attached hydrogens (tertiary/aromatic N) is 2. The minimum absolute atomic E-state index is 0.0540. The molecule has 0 aliphatic carbocycles. The molecular weight excluding hydrogens is 449 g/mol. The lowest BCUT2D eigenvalue weighted by Gasteiger charge is -2.30. The van der Waals surface area contributed by atoms with Gasteiger partial charge in [-0.1, -0.05) is 18.2 Å². The molecule has 1 fully saturated rings. The molecule has 2 heterocycles. The Balaban J connectivity index is 1.38. The van der Waals surface area contributed by atoms with Gasteiger partial charge in [0.25, 0.3) is 16.1 Å². The summed E-state index contributed by atoms with van der Waals surface area (Å²) in [4.78, 5) is 6.67. The third-order valence-corrected chi connectivity index (χ3v) is 7.05. The summed E-state index contributed by atoms with van der Waals surface area (Å²) in [6, 6.07) is 12.4. The van der Waals surface area contributed by atoms with E-state index < -0.39 is 16.2 Å². The molecule has 176 valence electrons. The zero-order chi connectivity index (χ0) is 23.4. The second-order valence-electron chi connectivity index (χ2n) is 7.89. The van der Waals surface area contributed by atoms with Crippen LogP contribution in [0.3, 0.4) is 0 Å². The van der Waals surface area contributed by atoms with E-state index in [4.69, 9.17) is 19.1 Å². The Morgan fingerprint density at radius 3 is 2.73 bits per heavy atom. The molecule has 1 aliphatic rings. The average Bonchev–Trinajstić information content (AvgIpc) is 3.23. The van der Waals surface area contributed by atoms with Crippen LogP contribution in [0, 0.1) is 6.92 Å². The van der Waals surface area contributed by atoms with Crippen molar-refractivity contribution in [3.8, 4) is 5.75 Å². The molecule has 0 bridgehead atoms. The number of oxazole rings is 1. The van der Waals surface area contributed by atoms with Crippen molar-refractivity contribution >= 4 is 27.2 Å². The summed E-state index contributed by atoms with van der Waals surface area (Å²) in [5.74, 6) is 0.520. The first-order chi connectivity index (χ1) is 15.9. The molecule has 1 aliphatic heterocycles. The van der Waals surface area contributed by atoms with E-state index in [1.165, 1.54) is 0 Å². The largest absolute Gasteiger partial charge is 0.489 e. The highest BCUT2D eigenvalue weighted by Gasteiger charge is 2.28. The van der Waals surface area contributed by atoms with Crippen LogP contribution in [-0.2, 0) is 14.3 Å². The fourth-order valence-corrected chi connectivity index (χ4v) is 5.00. The van der Waals surface area contributed by atoms with Gasteiger partial charge in [-0.25, -0.2) is 4.39 Å². The Morgan fingerprint density at radius 2 is 2.03 bits per heavy atom. The average molecular weight is 476 g/mol. The van der Waals surface area contributed by atoms with Crippen LogP contribution in [0.1, 0.15) is 18.4 Å². The normalized spacial score (nSPS) is 15.8. The topological polar surface area (TPSA) is 108 Å². The van der Waals surface area contributed by atoms with Crippen molar-refractivity contribution in [1.29, 1.82) is 0 Å². The number of halogens is 1. The van der Waals surface area contributed by atoms with E-state index >= 15 is 0 Å². The summed E-state index contributed by atoms with van der Waals surface area (Å²) >= 11 is 0. The van der Waals surface area contributed by atoms with Crippen LogP contribution < -0.4 is 15.4 Å². The molecule has 33 heavy (non-hydrogen) atoms. The maximum absolute atomic E-state index is 12.6. The van der Waals surface area contributed by atoms with Gasteiger partial charge in [0.05, 0.1) is 17.3 Å². The van der Waals surface area contributed by atoms with Gasteiger partial charge >= 0.3 is 0 Å². The zero-order valence-corrected chi connectivity index (χ0v) is 19.1. The van der Waals surface area contributed by atoms with E-state index in [9.17, 15) is 12.8 Å². The third kappa shape index (κ3) is 5.35. The number of aromatic nitrogens is 1. The number of rotatable bonds is 8. The maximum atomic E-state index is 12.6. The lowest BCUT2D eigenvalue weighted by Crippen LogP contribution is -2.38. The Hall–Kier alpha value is -2.95. The molecule has 1 saturated heterocycles. The van der Waals surface area contributed by atoms with Crippen molar-refractivity contribution in [2.24, 2.45) is 5.73 Å². The van der Waals surface area contributed by atoms with Crippen molar-refractivity contribution in [2.45, 2.75) is 30.8 Å². The third-order valence-electron chi connectivity index (χ3n) is 5.53. The summed E-state index contributed by atoms with van der Waals surface area (Å²) in [5.41, 5.74) is 7.65. The molecule has 0 radical (unpaired) electrons. The number of hydrogen-bond donors (Lipinski definition) is 1. The highest BCUT2D eigenvalue weighted by atomic mass is 32.2. The quantitative estimate of drug-likeness (QED) is 0.492. The molecule has 0 atom stereocenters. The minimum Gasteiger partial charge on any atom is -0.489 e. The van der Waals surface area contributed by atoms with E-state index in [2.05, 4.69) is 4.98 Å². The lowest BCUT2D eigenvalue weighted by molar-refractivity contribution is 0.176.